The zero-order valence-electron chi connectivity index (χ0n) is 17.0. The lowest BCUT2D eigenvalue weighted by Crippen LogP contribution is -2.29. The standard InChI is InChI=1S/C24H29N3O/c1-15-4-5-16(2)19(12-15)24(28)23(25)18-6-7-22-20(13-18)21(14-26-22)17-8-10-27(3)11-9-17/h4-7,12-14,17,23,26H,8-11,25H2,1-3H3. The van der Waals surface area contributed by atoms with Crippen LogP contribution in [0.2, 0.25) is 0 Å². The third kappa shape index (κ3) is 3.50. The summed E-state index contributed by atoms with van der Waals surface area (Å²) < 4.78 is 0. The number of carbonyl (C=O) groups excluding carboxylic acids is 1. The highest BCUT2D eigenvalue weighted by Crippen LogP contribution is 2.34. The summed E-state index contributed by atoms with van der Waals surface area (Å²) in [4.78, 5) is 18.9. The summed E-state index contributed by atoms with van der Waals surface area (Å²) in [7, 11) is 2.18. The Kier molecular flexibility index (Phi) is 5.09. The van der Waals surface area contributed by atoms with Gasteiger partial charge in [-0.15, -0.1) is 0 Å². The highest BCUT2D eigenvalue weighted by molar-refractivity contribution is 6.02. The van der Waals surface area contributed by atoms with E-state index in [1.165, 1.54) is 23.8 Å². The van der Waals surface area contributed by atoms with Gasteiger partial charge in [-0.3, -0.25) is 4.79 Å². The lowest BCUT2D eigenvalue weighted by molar-refractivity contribution is 0.0960. The molecular weight excluding hydrogens is 346 g/mol. The molecule has 0 saturated carbocycles. The zero-order valence-corrected chi connectivity index (χ0v) is 17.0. The van der Waals surface area contributed by atoms with Crippen LogP contribution in [0.1, 0.15) is 57.4 Å². The molecule has 1 unspecified atom stereocenters. The molecule has 4 rings (SSSR count). The number of carbonyl (C=O) groups is 1. The SMILES string of the molecule is Cc1ccc(C)c(C(=O)C(N)c2ccc3[nH]cc(C4CCN(C)CC4)c3c2)c1. The first-order valence-electron chi connectivity index (χ1n) is 10.1. The largest absolute Gasteiger partial charge is 0.361 e. The maximum atomic E-state index is 13.1. The van der Waals surface area contributed by atoms with Gasteiger partial charge in [-0.25, -0.2) is 0 Å². The molecule has 2 heterocycles. The number of nitrogens with two attached hydrogens (primary N) is 1. The van der Waals surface area contributed by atoms with Gasteiger partial charge in [0.1, 0.15) is 0 Å². The van der Waals surface area contributed by atoms with Gasteiger partial charge in [0.25, 0.3) is 0 Å². The first-order chi connectivity index (χ1) is 13.4. The Morgan fingerprint density at radius 1 is 1.14 bits per heavy atom. The molecule has 0 spiro atoms. The number of aromatic amines is 1. The number of hydrogen-bond donors (Lipinski definition) is 2. The van der Waals surface area contributed by atoms with Crippen LogP contribution in [0, 0.1) is 13.8 Å². The van der Waals surface area contributed by atoms with Crippen LogP contribution >= 0.6 is 0 Å². The number of rotatable bonds is 4. The van der Waals surface area contributed by atoms with Crippen molar-refractivity contribution in [1.82, 2.24) is 9.88 Å². The second-order valence-electron chi connectivity index (χ2n) is 8.29. The summed E-state index contributed by atoms with van der Waals surface area (Å²) in [5.41, 5.74) is 12.6. The number of benzene rings is 2. The van der Waals surface area contributed by atoms with E-state index >= 15 is 0 Å². The number of aryl methyl sites for hydroxylation is 2. The number of nitrogens with zero attached hydrogens (tertiary/aromatic N) is 1. The van der Waals surface area contributed by atoms with E-state index in [-0.39, 0.29) is 5.78 Å². The van der Waals surface area contributed by atoms with Crippen molar-refractivity contribution >= 4 is 16.7 Å². The summed E-state index contributed by atoms with van der Waals surface area (Å²) in [5.74, 6) is 0.545. The van der Waals surface area contributed by atoms with Crippen molar-refractivity contribution in [3.8, 4) is 0 Å². The van der Waals surface area contributed by atoms with Crippen molar-refractivity contribution in [2.45, 2.75) is 38.6 Å². The molecule has 1 fully saturated rings. The van der Waals surface area contributed by atoms with Crippen molar-refractivity contribution in [3.05, 3.63) is 70.4 Å². The predicted molar refractivity (Wildman–Crippen MR) is 115 cm³/mol. The maximum Gasteiger partial charge on any atom is 0.184 e. The number of likely N-dealkylation sites (tertiary alicyclic amines) is 1. The summed E-state index contributed by atoms with van der Waals surface area (Å²) in [6.45, 7) is 6.22. The van der Waals surface area contributed by atoms with Gasteiger partial charge in [0, 0.05) is 22.7 Å². The Balaban J connectivity index is 1.66. The van der Waals surface area contributed by atoms with Crippen molar-refractivity contribution in [2.24, 2.45) is 5.73 Å². The number of aromatic nitrogens is 1. The van der Waals surface area contributed by atoms with E-state index in [0.29, 0.717) is 5.92 Å². The van der Waals surface area contributed by atoms with Crippen LogP contribution in [0.25, 0.3) is 10.9 Å². The van der Waals surface area contributed by atoms with Crippen molar-refractivity contribution in [3.63, 3.8) is 0 Å². The van der Waals surface area contributed by atoms with Gasteiger partial charge in [0.05, 0.1) is 6.04 Å². The topological polar surface area (TPSA) is 62.1 Å². The normalized spacial score (nSPS) is 17.1. The predicted octanol–water partition coefficient (Wildman–Crippen LogP) is 4.48. The van der Waals surface area contributed by atoms with E-state index in [2.05, 4.69) is 35.3 Å². The minimum Gasteiger partial charge on any atom is -0.361 e. The molecule has 1 atom stereocenters. The Morgan fingerprint density at radius 2 is 1.89 bits per heavy atom. The first kappa shape index (κ1) is 18.9. The van der Waals surface area contributed by atoms with Crippen LogP contribution in [0.5, 0.6) is 0 Å². The minimum absolute atomic E-state index is 0.0167. The molecule has 4 heteroatoms. The Hall–Kier alpha value is -2.43. The van der Waals surface area contributed by atoms with Gasteiger partial charge in [-0.1, -0.05) is 23.8 Å². The monoisotopic (exact) mass is 375 g/mol. The zero-order chi connectivity index (χ0) is 19.8. The molecule has 1 saturated heterocycles. The molecule has 1 aliphatic heterocycles. The molecule has 2 aromatic carbocycles. The molecular formula is C24H29N3O. The third-order valence-electron chi connectivity index (χ3n) is 6.20. The van der Waals surface area contributed by atoms with Crippen molar-refractivity contribution in [1.29, 1.82) is 0 Å². The molecule has 3 N–H and O–H groups in total. The van der Waals surface area contributed by atoms with Crippen LogP contribution in [0.15, 0.2) is 42.6 Å². The second kappa shape index (κ2) is 7.53. The highest BCUT2D eigenvalue weighted by atomic mass is 16.1. The Labute approximate surface area is 166 Å². The maximum absolute atomic E-state index is 13.1. The van der Waals surface area contributed by atoms with Gasteiger partial charge < -0.3 is 15.6 Å². The van der Waals surface area contributed by atoms with Crippen LogP contribution < -0.4 is 5.73 Å². The minimum atomic E-state index is -0.648. The van der Waals surface area contributed by atoms with E-state index in [1.54, 1.807) is 0 Å². The molecule has 0 radical (unpaired) electrons. The van der Waals surface area contributed by atoms with Crippen molar-refractivity contribution < 1.29 is 4.79 Å². The molecule has 1 aliphatic rings. The lowest BCUT2D eigenvalue weighted by atomic mass is 9.88. The van der Waals surface area contributed by atoms with Gasteiger partial charge in [-0.2, -0.15) is 0 Å². The van der Waals surface area contributed by atoms with Crippen molar-refractivity contribution in [2.75, 3.05) is 20.1 Å². The fraction of sp³-hybridized carbons (Fsp3) is 0.375. The van der Waals surface area contributed by atoms with E-state index < -0.39 is 6.04 Å². The number of piperidine rings is 1. The first-order valence-corrected chi connectivity index (χ1v) is 10.1. The average Bonchev–Trinajstić information content (AvgIpc) is 3.12. The van der Waals surface area contributed by atoms with Gasteiger partial charge in [-0.05, 0) is 87.6 Å². The van der Waals surface area contributed by atoms with Crippen LogP contribution in [0.4, 0.5) is 0 Å². The summed E-state index contributed by atoms with van der Waals surface area (Å²) in [6.07, 6.45) is 4.48. The number of hydrogen-bond acceptors (Lipinski definition) is 3. The average molecular weight is 376 g/mol. The second-order valence-corrected chi connectivity index (χ2v) is 8.29. The van der Waals surface area contributed by atoms with Crippen LogP contribution in [0.3, 0.4) is 0 Å². The number of ketones is 1. The van der Waals surface area contributed by atoms with E-state index in [4.69, 9.17) is 5.73 Å². The van der Waals surface area contributed by atoms with Gasteiger partial charge in [0.2, 0.25) is 0 Å². The summed E-state index contributed by atoms with van der Waals surface area (Å²) >= 11 is 0. The molecule has 1 aromatic heterocycles. The van der Waals surface area contributed by atoms with Crippen LogP contribution in [-0.2, 0) is 0 Å². The smallest absolute Gasteiger partial charge is 0.184 e. The summed E-state index contributed by atoms with van der Waals surface area (Å²) in [5, 5.41) is 1.20. The molecule has 0 amide bonds. The highest BCUT2D eigenvalue weighted by Gasteiger charge is 2.23. The Morgan fingerprint density at radius 3 is 2.64 bits per heavy atom. The quantitative estimate of drug-likeness (QED) is 0.661. The fourth-order valence-corrected chi connectivity index (χ4v) is 4.33. The molecule has 28 heavy (non-hydrogen) atoms. The number of fused-ring (bicyclic) bond motifs is 1. The number of Topliss-reactive ketones (excluding diaryl/α,β-unsaturated/α-hetero) is 1. The molecule has 0 bridgehead atoms. The number of nitrogens with one attached hydrogen (secondary N) is 1. The van der Waals surface area contributed by atoms with Gasteiger partial charge >= 0.3 is 0 Å². The molecule has 4 nitrogen and oxygen atoms in total. The fourth-order valence-electron chi connectivity index (χ4n) is 4.33. The lowest BCUT2D eigenvalue weighted by Gasteiger charge is -2.28. The third-order valence-corrected chi connectivity index (χ3v) is 6.20. The van der Waals surface area contributed by atoms with E-state index in [9.17, 15) is 4.79 Å². The molecule has 3 aromatic rings. The number of H-pyrrole nitrogens is 1. The molecule has 0 aliphatic carbocycles. The van der Waals surface area contributed by atoms with Gasteiger partial charge in [0.15, 0.2) is 5.78 Å². The Bertz CT molecular complexity index is 1010. The van der Waals surface area contributed by atoms with E-state index in [0.717, 1.165) is 40.9 Å². The van der Waals surface area contributed by atoms with E-state index in [1.807, 2.05) is 38.1 Å². The van der Waals surface area contributed by atoms with Crippen LogP contribution in [-0.4, -0.2) is 35.8 Å². The molecule has 146 valence electrons. The summed E-state index contributed by atoms with van der Waals surface area (Å²) in [6, 6.07) is 11.5.